The smallest absolute Gasteiger partial charge is 0.0486 e. The first-order valence-corrected chi connectivity index (χ1v) is 8.04. The van der Waals surface area contributed by atoms with Crippen LogP contribution in [0.5, 0.6) is 0 Å². The second kappa shape index (κ2) is 5.15. The highest BCUT2D eigenvalue weighted by molar-refractivity contribution is 5.87. The first kappa shape index (κ1) is 14.6. The summed E-state index contributed by atoms with van der Waals surface area (Å²) in [6, 6.07) is 5.51. The van der Waals surface area contributed by atoms with Gasteiger partial charge in [0, 0.05) is 48.8 Å². The highest BCUT2D eigenvalue weighted by Gasteiger charge is 2.24. The number of hydrogen-bond acceptors (Lipinski definition) is 2. The van der Waals surface area contributed by atoms with Crippen LogP contribution in [0, 0.1) is 6.92 Å². The van der Waals surface area contributed by atoms with Crippen LogP contribution >= 0.6 is 0 Å². The predicted molar refractivity (Wildman–Crippen MR) is 89.3 cm³/mol. The van der Waals surface area contributed by atoms with E-state index in [1.807, 2.05) is 0 Å². The molecule has 1 atom stereocenters. The molecule has 2 aromatic rings. The number of rotatable bonds is 3. The van der Waals surface area contributed by atoms with Crippen LogP contribution in [0.4, 0.5) is 0 Å². The molecule has 3 heteroatoms. The van der Waals surface area contributed by atoms with Crippen LogP contribution in [0.15, 0.2) is 12.1 Å². The minimum absolute atomic E-state index is 0.134. The molecule has 0 aliphatic carbocycles. The molecule has 0 radical (unpaired) electrons. The van der Waals surface area contributed by atoms with E-state index in [2.05, 4.69) is 56.3 Å². The van der Waals surface area contributed by atoms with Gasteiger partial charge in [0.25, 0.3) is 0 Å². The average Bonchev–Trinajstić information content (AvgIpc) is 2.97. The van der Waals surface area contributed by atoms with Crippen molar-refractivity contribution >= 4 is 10.9 Å². The topological polar surface area (TPSA) is 34.2 Å². The van der Waals surface area contributed by atoms with Crippen molar-refractivity contribution in [1.82, 2.24) is 9.47 Å². The fourth-order valence-electron chi connectivity index (χ4n) is 3.55. The number of nitrogens with two attached hydrogens (primary N) is 1. The fraction of sp³-hybridized carbons (Fsp3) is 0.556. The lowest BCUT2D eigenvalue weighted by molar-refractivity contribution is 0.227. The Kier molecular flexibility index (Phi) is 3.58. The SMILES string of the molecule is CCC(N)c1c(C)n(C)c2cc3c(cc12)CN(C(C)C)C3. The third kappa shape index (κ3) is 2.19. The van der Waals surface area contributed by atoms with Gasteiger partial charge in [0.15, 0.2) is 0 Å². The second-order valence-electron chi connectivity index (χ2n) is 6.71. The summed E-state index contributed by atoms with van der Waals surface area (Å²) < 4.78 is 2.30. The summed E-state index contributed by atoms with van der Waals surface area (Å²) in [5.74, 6) is 0. The maximum absolute atomic E-state index is 6.37. The molecule has 2 N–H and O–H groups in total. The molecule has 114 valence electrons. The maximum atomic E-state index is 6.37. The molecular weight excluding hydrogens is 258 g/mol. The normalized spacial score (nSPS) is 16.9. The van der Waals surface area contributed by atoms with Gasteiger partial charge in [-0.1, -0.05) is 6.92 Å². The summed E-state index contributed by atoms with van der Waals surface area (Å²) in [6.07, 6.45) is 0.981. The monoisotopic (exact) mass is 285 g/mol. The van der Waals surface area contributed by atoms with Crippen LogP contribution in [0.2, 0.25) is 0 Å². The van der Waals surface area contributed by atoms with Crippen LogP contribution in [-0.4, -0.2) is 15.5 Å². The Labute approximate surface area is 127 Å². The lowest BCUT2D eigenvalue weighted by atomic mass is 9.99. The van der Waals surface area contributed by atoms with Crippen LogP contribution in [0.1, 0.15) is 55.6 Å². The summed E-state index contributed by atoms with van der Waals surface area (Å²) in [7, 11) is 2.16. The van der Waals surface area contributed by atoms with Gasteiger partial charge in [0.05, 0.1) is 0 Å². The Morgan fingerprint density at radius 2 is 1.81 bits per heavy atom. The number of nitrogens with zero attached hydrogens (tertiary/aromatic N) is 2. The Bertz CT molecular complexity index is 682. The zero-order valence-electron chi connectivity index (χ0n) is 13.9. The van der Waals surface area contributed by atoms with E-state index in [9.17, 15) is 0 Å². The summed E-state index contributed by atoms with van der Waals surface area (Å²) >= 11 is 0. The van der Waals surface area contributed by atoms with Gasteiger partial charge in [-0.05, 0) is 56.0 Å². The van der Waals surface area contributed by atoms with Gasteiger partial charge < -0.3 is 10.3 Å². The van der Waals surface area contributed by atoms with Crippen molar-refractivity contribution in [2.45, 2.75) is 59.3 Å². The third-order valence-electron chi connectivity index (χ3n) is 5.15. The van der Waals surface area contributed by atoms with Crippen molar-refractivity contribution in [2.24, 2.45) is 12.8 Å². The molecule has 0 saturated carbocycles. The molecule has 1 aromatic carbocycles. The Morgan fingerprint density at radius 3 is 2.38 bits per heavy atom. The van der Waals surface area contributed by atoms with E-state index in [0.29, 0.717) is 6.04 Å². The summed E-state index contributed by atoms with van der Waals surface area (Å²) in [6.45, 7) is 11.0. The molecule has 1 aromatic heterocycles. The first-order chi connectivity index (χ1) is 9.93. The maximum Gasteiger partial charge on any atom is 0.0486 e. The van der Waals surface area contributed by atoms with E-state index < -0.39 is 0 Å². The van der Waals surface area contributed by atoms with Crippen molar-refractivity contribution in [3.8, 4) is 0 Å². The van der Waals surface area contributed by atoms with Crippen LogP contribution < -0.4 is 5.73 Å². The zero-order valence-corrected chi connectivity index (χ0v) is 13.9. The van der Waals surface area contributed by atoms with Crippen molar-refractivity contribution in [3.63, 3.8) is 0 Å². The van der Waals surface area contributed by atoms with Gasteiger partial charge in [-0.2, -0.15) is 0 Å². The number of aryl methyl sites for hydroxylation is 1. The molecule has 1 aliphatic rings. The highest BCUT2D eigenvalue weighted by Crippen LogP contribution is 2.35. The van der Waals surface area contributed by atoms with Crippen LogP contribution in [-0.2, 0) is 20.1 Å². The van der Waals surface area contributed by atoms with Gasteiger partial charge in [-0.3, -0.25) is 4.90 Å². The summed E-state index contributed by atoms with van der Waals surface area (Å²) in [4.78, 5) is 2.52. The van der Waals surface area contributed by atoms with Crippen molar-refractivity contribution < 1.29 is 0 Å². The molecule has 0 fully saturated rings. The van der Waals surface area contributed by atoms with Crippen LogP contribution in [0.25, 0.3) is 10.9 Å². The predicted octanol–water partition coefficient (Wildman–Crippen LogP) is 3.62. The molecule has 0 amide bonds. The number of benzene rings is 1. The first-order valence-electron chi connectivity index (χ1n) is 8.04. The standard InChI is InChI=1S/C18H27N3/c1-6-16(19)18-12(4)20(5)17-8-14-10-21(11(2)3)9-13(14)7-15(17)18/h7-8,11,16H,6,9-10,19H2,1-5H3. The van der Waals surface area contributed by atoms with Crippen LogP contribution in [0.3, 0.4) is 0 Å². The minimum Gasteiger partial charge on any atom is -0.348 e. The summed E-state index contributed by atoms with van der Waals surface area (Å²) in [5, 5.41) is 1.36. The zero-order chi connectivity index (χ0) is 15.3. The van der Waals surface area contributed by atoms with Crippen molar-refractivity contribution in [2.75, 3.05) is 0 Å². The number of fused-ring (bicyclic) bond motifs is 2. The highest BCUT2D eigenvalue weighted by atomic mass is 15.2. The lowest BCUT2D eigenvalue weighted by Crippen LogP contribution is -2.24. The van der Waals surface area contributed by atoms with E-state index in [0.717, 1.165) is 19.5 Å². The molecule has 3 rings (SSSR count). The average molecular weight is 285 g/mol. The second-order valence-corrected chi connectivity index (χ2v) is 6.71. The Morgan fingerprint density at radius 1 is 1.19 bits per heavy atom. The molecule has 3 nitrogen and oxygen atoms in total. The molecule has 1 aliphatic heterocycles. The van der Waals surface area contributed by atoms with Gasteiger partial charge in [0.2, 0.25) is 0 Å². The minimum atomic E-state index is 0.134. The van der Waals surface area contributed by atoms with Gasteiger partial charge in [-0.15, -0.1) is 0 Å². The molecular formula is C18H27N3. The molecule has 1 unspecified atom stereocenters. The number of hydrogen-bond donors (Lipinski definition) is 1. The van der Waals surface area contributed by atoms with Gasteiger partial charge in [-0.25, -0.2) is 0 Å². The fourth-order valence-corrected chi connectivity index (χ4v) is 3.55. The molecule has 0 spiro atoms. The van der Waals surface area contributed by atoms with Crippen molar-refractivity contribution in [3.05, 3.63) is 34.5 Å². The van der Waals surface area contributed by atoms with E-state index >= 15 is 0 Å². The van der Waals surface area contributed by atoms with Crippen molar-refractivity contribution in [1.29, 1.82) is 0 Å². The van der Waals surface area contributed by atoms with E-state index in [4.69, 9.17) is 5.73 Å². The largest absolute Gasteiger partial charge is 0.348 e. The molecule has 2 heterocycles. The Balaban J connectivity index is 2.16. The quantitative estimate of drug-likeness (QED) is 0.934. The Hall–Kier alpha value is -1.32. The molecule has 0 saturated heterocycles. The molecule has 21 heavy (non-hydrogen) atoms. The van der Waals surface area contributed by atoms with E-state index in [-0.39, 0.29) is 6.04 Å². The lowest BCUT2D eigenvalue weighted by Gasteiger charge is -2.18. The van der Waals surface area contributed by atoms with E-state index in [1.54, 1.807) is 0 Å². The molecule has 0 bridgehead atoms. The third-order valence-corrected chi connectivity index (χ3v) is 5.15. The number of aromatic nitrogens is 1. The van der Waals surface area contributed by atoms with Gasteiger partial charge in [0.1, 0.15) is 0 Å². The van der Waals surface area contributed by atoms with Gasteiger partial charge >= 0.3 is 0 Å². The van der Waals surface area contributed by atoms with E-state index in [1.165, 1.54) is 33.3 Å². The summed E-state index contributed by atoms with van der Waals surface area (Å²) in [5.41, 5.74) is 13.3.